The molecule has 128 valence electrons. The maximum Gasteiger partial charge on any atom is 0.231 e. The van der Waals surface area contributed by atoms with Gasteiger partial charge in [0, 0.05) is 10.9 Å². The highest BCUT2D eigenvalue weighted by molar-refractivity contribution is 7.12. The van der Waals surface area contributed by atoms with Crippen LogP contribution in [0, 0.1) is 18.3 Å². The summed E-state index contributed by atoms with van der Waals surface area (Å²) in [6.07, 6.45) is 0. The summed E-state index contributed by atoms with van der Waals surface area (Å²) in [5.41, 5.74) is 6.76. The third-order valence-corrected chi connectivity index (χ3v) is 4.76. The Morgan fingerprint density at radius 1 is 1.23 bits per heavy atom. The van der Waals surface area contributed by atoms with Gasteiger partial charge in [0.25, 0.3) is 0 Å². The van der Waals surface area contributed by atoms with Gasteiger partial charge in [-0.3, -0.25) is 5.43 Å². The first-order chi connectivity index (χ1) is 12.7. The minimum Gasteiger partial charge on any atom is -0.454 e. The number of aromatic nitrogens is 1. The Balaban J connectivity index is 1.59. The van der Waals surface area contributed by atoms with E-state index in [2.05, 4.69) is 21.6 Å². The van der Waals surface area contributed by atoms with Gasteiger partial charge in [-0.15, -0.1) is 11.3 Å². The van der Waals surface area contributed by atoms with E-state index in [1.165, 1.54) is 11.3 Å². The Kier molecular flexibility index (Phi) is 4.25. The number of ether oxygens (including phenoxy) is 2. The summed E-state index contributed by atoms with van der Waals surface area (Å²) in [4.78, 5) is 4.54. The number of nitrogens with one attached hydrogen (secondary N) is 1. The van der Waals surface area contributed by atoms with E-state index in [1.54, 1.807) is 0 Å². The van der Waals surface area contributed by atoms with Crippen molar-refractivity contribution in [1.82, 2.24) is 4.98 Å². The van der Waals surface area contributed by atoms with Crippen LogP contribution in [0.5, 0.6) is 11.5 Å². The van der Waals surface area contributed by atoms with E-state index in [4.69, 9.17) is 9.47 Å². The summed E-state index contributed by atoms with van der Waals surface area (Å²) >= 11 is 1.37. The lowest BCUT2D eigenvalue weighted by molar-refractivity contribution is 0.174. The van der Waals surface area contributed by atoms with Gasteiger partial charge in [-0.25, -0.2) is 4.98 Å². The maximum atomic E-state index is 9.44. The molecular weight excluding hydrogens is 348 g/mol. The molecule has 0 aliphatic carbocycles. The third kappa shape index (κ3) is 3.10. The van der Waals surface area contributed by atoms with Crippen LogP contribution < -0.4 is 14.9 Å². The summed E-state index contributed by atoms with van der Waals surface area (Å²) in [7, 11) is 0. The highest BCUT2D eigenvalue weighted by Crippen LogP contribution is 2.36. The number of hydrogen-bond donors (Lipinski definition) is 1. The Labute approximate surface area is 154 Å². The second kappa shape index (κ2) is 6.86. The lowest BCUT2D eigenvalue weighted by Crippen LogP contribution is -2.02. The second-order valence-electron chi connectivity index (χ2n) is 5.60. The first-order valence-corrected chi connectivity index (χ1v) is 8.78. The summed E-state index contributed by atoms with van der Waals surface area (Å²) in [6.45, 7) is 2.21. The van der Waals surface area contributed by atoms with Gasteiger partial charge in [0.2, 0.25) is 6.79 Å². The van der Waals surface area contributed by atoms with Crippen molar-refractivity contribution in [3.05, 3.63) is 58.4 Å². The molecule has 0 spiro atoms. The first-order valence-electron chi connectivity index (χ1n) is 7.90. The second-order valence-corrected chi connectivity index (χ2v) is 6.46. The smallest absolute Gasteiger partial charge is 0.231 e. The van der Waals surface area contributed by atoms with Gasteiger partial charge in [-0.1, -0.05) is 18.2 Å². The maximum absolute atomic E-state index is 9.44. The van der Waals surface area contributed by atoms with Crippen LogP contribution in [0.2, 0.25) is 0 Å². The zero-order chi connectivity index (χ0) is 17.9. The van der Waals surface area contributed by atoms with Crippen LogP contribution in [-0.4, -0.2) is 17.5 Å². The average molecular weight is 362 g/mol. The Bertz CT molecular complexity index is 1040. The molecular formula is C19H14N4O2S. The number of hydrogen-bond acceptors (Lipinski definition) is 7. The Morgan fingerprint density at radius 2 is 2.08 bits per heavy atom. The van der Waals surface area contributed by atoms with Crippen molar-refractivity contribution in [2.24, 2.45) is 5.10 Å². The molecule has 3 aromatic rings. The van der Waals surface area contributed by atoms with Crippen LogP contribution in [0.3, 0.4) is 0 Å². The largest absolute Gasteiger partial charge is 0.454 e. The first kappa shape index (κ1) is 16.1. The molecule has 7 heteroatoms. The molecule has 26 heavy (non-hydrogen) atoms. The zero-order valence-corrected chi connectivity index (χ0v) is 14.7. The Morgan fingerprint density at radius 3 is 2.92 bits per heavy atom. The number of para-hydroxylation sites is 1. The topological polar surface area (TPSA) is 79.5 Å². The Hall–Kier alpha value is -3.37. The van der Waals surface area contributed by atoms with E-state index >= 15 is 0 Å². The molecule has 0 saturated heterocycles. The highest BCUT2D eigenvalue weighted by atomic mass is 32.1. The molecule has 1 aromatic heterocycles. The number of nitriles is 1. The van der Waals surface area contributed by atoms with Crippen LogP contribution >= 0.6 is 11.3 Å². The molecule has 4 rings (SSSR count). The van der Waals surface area contributed by atoms with Crippen molar-refractivity contribution >= 4 is 22.7 Å². The van der Waals surface area contributed by atoms with E-state index in [9.17, 15) is 5.26 Å². The van der Waals surface area contributed by atoms with Crippen molar-refractivity contribution in [2.75, 3.05) is 12.2 Å². The molecule has 0 saturated carbocycles. The van der Waals surface area contributed by atoms with Crippen LogP contribution in [0.15, 0.2) is 52.9 Å². The quantitative estimate of drug-likeness (QED) is 0.556. The normalized spacial score (nSPS) is 12.7. The molecule has 0 fully saturated rings. The lowest BCUT2D eigenvalue weighted by atomic mass is 10.1. The number of nitrogens with zero attached hydrogens (tertiary/aromatic N) is 3. The number of thiazole rings is 1. The predicted molar refractivity (Wildman–Crippen MR) is 101 cm³/mol. The van der Waals surface area contributed by atoms with Crippen LogP contribution in [0.1, 0.15) is 10.6 Å². The van der Waals surface area contributed by atoms with Crippen molar-refractivity contribution in [2.45, 2.75) is 6.92 Å². The molecule has 1 aliphatic heterocycles. The number of rotatable bonds is 4. The number of anilines is 1. The summed E-state index contributed by atoms with van der Waals surface area (Å²) in [5.74, 6) is 1.43. The number of benzene rings is 2. The molecule has 0 amide bonds. The molecule has 0 unspecified atom stereocenters. The van der Waals surface area contributed by atoms with Gasteiger partial charge in [0.15, 0.2) is 22.2 Å². The van der Waals surface area contributed by atoms with Gasteiger partial charge in [0.05, 0.1) is 11.4 Å². The van der Waals surface area contributed by atoms with Crippen molar-refractivity contribution in [3.8, 4) is 28.8 Å². The number of hydrazone groups is 1. The van der Waals surface area contributed by atoms with Gasteiger partial charge in [-0.2, -0.15) is 10.4 Å². The molecule has 0 bridgehead atoms. The summed E-state index contributed by atoms with van der Waals surface area (Å²) in [5, 5.41) is 16.1. The van der Waals surface area contributed by atoms with Crippen molar-refractivity contribution in [3.63, 3.8) is 0 Å². The average Bonchev–Trinajstić information content (AvgIpc) is 3.32. The monoisotopic (exact) mass is 362 g/mol. The minimum absolute atomic E-state index is 0.233. The molecule has 0 radical (unpaired) electrons. The molecule has 6 nitrogen and oxygen atoms in total. The van der Waals surface area contributed by atoms with Crippen molar-refractivity contribution < 1.29 is 9.47 Å². The van der Waals surface area contributed by atoms with E-state index in [-0.39, 0.29) is 12.5 Å². The van der Waals surface area contributed by atoms with Crippen LogP contribution in [-0.2, 0) is 0 Å². The number of aryl methyl sites for hydroxylation is 1. The third-order valence-electron chi connectivity index (χ3n) is 3.91. The molecule has 2 aromatic carbocycles. The fraction of sp³-hybridized carbons (Fsp3) is 0.105. The summed E-state index contributed by atoms with van der Waals surface area (Å²) in [6, 6.07) is 15.5. The van der Waals surface area contributed by atoms with Crippen LogP contribution in [0.25, 0.3) is 11.3 Å². The van der Waals surface area contributed by atoms with E-state index in [1.807, 2.05) is 54.8 Å². The zero-order valence-electron chi connectivity index (χ0n) is 13.9. The standard InChI is InChI=1S/C19H14N4O2S/c1-12-4-2-3-5-14(12)22-23-15(9-20)19-21-16(10-26-19)13-6-7-17-18(8-13)25-11-24-17/h2-8,10,22H,11H2,1H3. The van der Waals surface area contributed by atoms with Crippen molar-refractivity contribution in [1.29, 1.82) is 5.26 Å². The molecule has 0 atom stereocenters. The van der Waals surface area contributed by atoms with Gasteiger partial charge >= 0.3 is 0 Å². The van der Waals surface area contributed by atoms with Gasteiger partial charge in [0.1, 0.15) is 6.07 Å². The fourth-order valence-corrected chi connectivity index (χ4v) is 3.27. The van der Waals surface area contributed by atoms with Crippen LogP contribution in [0.4, 0.5) is 5.69 Å². The molecule has 1 aliphatic rings. The van der Waals surface area contributed by atoms with Gasteiger partial charge in [-0.05, 0) is 36.8 Å². The van der Waals surface area contributed by atoms with Gasteiger partial charge < -0.3 is 9.47 Å². The molecule has 1 N–H and O–H groups in total. The fourth-order valence-electron chi connectivity index (χ4n) is 2.51. The minimum atomic E-state index is 0.233. The highest BCUT2D eigenvalue weighted by Gasteiger charge is 2.16. The van der Waals surface area contributed by atoms with E-state index in [0.29, 0.717) is 10.8 Å². The summed E-state index contributed by atoms with van der Waals surface area (Å²) < 4.78 is 10.7. The molecule has 2 heterocycles. The van der Waals surface area contributed by atoms with E-state index in [0.717, 1.165) is 28.3 Å². The SMILES string of the molecule is Cc1ccccc1NN=C(C#N)c1nc(-c2ccc3c(c2)OCO3)cs1. The number of fused-ring (bicyclic) bond motifs is 1. The lowest BCUT2D eigenvalue weighted by Gasteiger charge is -2.03. The predicted octanol–water partition coefficient (Wildman–Crippen LogP) is 4.19. The van der Waals surface area contributed by atoms with E-state index < -0.39 is 0 Å².